The normalized spacial score (nSPS) is 15.3. The molecule has 0 N–H and O–H groups in total. The summed E-state index contributed by atoms with van der Waals surface area (Å²) in [6.45, 7) is 7.90. The molecule has 2 aromatic rings. The summed E-state index contributed by atoms with van der Waals surface area (Å²) in [6.07, 6.45) is 1.73. The van der Waals surface area contributed by atoms with Crippen LogP contribution in [0.2, 0.25) is 0 Å². The van der Waals surface area contributed by atoms with Gasteiger partial charge in [0.15, 0.2) is 11.5 Å². The van der Waals surface area contributed by atoms with E-state index in [1.165, 1.54) is 0 Å². The fourth-order valence-electron chi connectivity index (χ4n) is 3.73. The van der Waals surface area contributed by atoms with Crippen LogP contribution in [-0.2, 0) is 11.3 Å². The number of piperidine rings is 1. The summed E-state index contributed by atoms with van der Waals surface area (Å²) in [7, 11) is 3.20. The minimum Gasteiger partial charge on any atom is -0.493 e. The van der Waals surface area contributed by atoms with Gasteiger partial charge in [0, 0.05) is 24.6 Å². The lowest BCUT2D eigenvalue weighted by Gasteiger charge is -2.32. The molecule has 1 aromatic carbocycles. The summed E-state index contributed by atoms with van der Waals surface area (Å²) >= 11 is 0. The van der Waals surface area contributed by atoms with E-state index in [0.717, 1.165) is 44.6 Å². The standard InChI is InChI=1S/C21H30N4O4/c1-5-25(6-2)21(26)15-9-11-24(12-10-15)14-19-22-20(23-29-19)16-7-8-17(27-3)18(13-16)28-4/h7-8,13,15H,5-6,9-12,14H2,1-4H3. The van der Waals surface area contributed by atoms with Crippen molar-refractivity contribution in [2.75, 3.05) is 40.4 Å². The molecule has 29 heavy (non-hydrogen) atoms. The maximum absolute atomic E-state index is 12.5. The Labute approximate surface area is 171 Å². The molecule has 1 aromatic heterocycles. The summed E-state index contributed by atoms with van der Waals surface area (Å²) in [5.41, 5.74) is 0.807. The van der Waals surface area contributed by atoms with Gasteiger partial charge >= 0.3 is 0 Å². The van der Waals surface area contributed by atoms with E-state index in [-0.39, 0.29) is 11.8 Å². The molecular formula is C21H30N4O4. The first-order valence-corrected chi connectivity index (χ1v) is 10.2. The van der Waals surface area contributed by atoms with Gasteiger partial charge in [0.05, 0.1) is 20.8 Å². The van der Waals surface area contributed by atoms with Crippen molar-refractivity contribution in [3.63, 3.8) is 0 Å². The van der Waals surface area contributed by atoms with E-state index in [4.69, 9.17) is 14.0 Å². The lowest BCUT2D eigenvalue weighted by atomic mass is 9.95. The molecule has 0 bridgehead atoms. The first-order chi connectivity index (χ1) is 14.1. The minimum absolute atomic E-state index is 0.121. The second kappa shape index (κ2) is 9.73. The molecule has 1 fully saturated rings. The van der Waals surface area contributed by atoms with Crippen LogP contribution >= 0.6 is 0 Å². The van der Waals surface area contributed by atoms with E-state index in [1.807, 2.05) is 36.9 Å². The molecule has 0 saturated carbocycles. The number of amides is 1. The number of aromatic nitrogens is 2. The fraction of sp³-hybridized carbons (Fsp3) is 0.571. The quantitative estimate of drug-likeness (QED) is 0.671. The second-order valence-corrected chi connectivity index (χ2v) is 7.14. The van der Waals surface area contributed by atoms with Crippen molar-refractivity contribution >= 4 is 5.91 Å². The van der Waals surface area contributed by atoms with Crippen molar-refractivity contribution in [1.29, 1.82) is 0 Å². The Morgan fingerprint density at radius 1 is 1.17 bits per heavy atom. The van der Waals surface area contributed by atoms with Crippen LogP contribution in [0.3, 0.4) is 0 Å². The maximum Gasteiger partial charge on any atom is 0.241 e. The summed E-state index contributed by atoms with van der Waals surface area (Å²) < 4.78 is 16.1. The van der Waals surface area contributed by atoms with Gasteiger partial charge in [0.1, 0.15) is 0 Å². The van der Waals surface area contributed by atoms with Gasteiger partial charge in [0.25, 0.3) is 0 Å². The van der Waals surface area contributed by atoms with Crippen LogP contribution in [-0.4, -0.2) is 66.2 Å². The van der Waals surface area contributed by atoms with Gasteiger partial charge in [-0.25, -0.2) is 0 Å². The number of benzene rings is 1. The highest BCUT2D eigenvalue weighted by molar-refractivity contribution is 5.78. The largest absolute Gasteiger partial charge is 0.493 e. The van der Waals surface area contributed by atoms with Crippen LogP contribution in [0.25, 0.3) is 11.4 Å². The molecule has 8 heteroatoms. The van der Waals surface area contributed by atoms with Crippen LogP contribution in [0.4, 0.5) is 0 Å². The van der Waals surface area contributed by atoms with Crippen LogP contribution in [0.15, 0.2) is 22.7 Å². The Morgan fingerprint density at radius 3 is 2.48 bits per heavy atom. The van der Waals surface area contributed by atoms with Crippen molar-refractivity contribution in [2.24, 2.45) is 5.92 Å². The van der Waals surface area contributed by atoms with E-state index in [9.17, 15) is 4.79 Å². The van der Waals surface area contributed by atoms with Gasteiger partial charge < -0.3 is 18.9 Å². The van der Waals surface area contributed by atoms with E-state index in [2.05, 4.69) is 15.0 Å². The second-order valence-electron chi connectivity index (χ2n) is 7.14. The number of hydrogen-bond donors (Lipinski definition) is 0. The Bertz CT molecular complexity index is 811. The first-order valence-electron chi connectivity index (χ1n) is 10.2. The molecule has 8 nitrogen and oxygen atoms in total. The van der Waals surface area contributed by atoms with Crippen molar-refractivity contribution in [1.82, 2.24) is 19.9 Å². The van der Waals surface area contributed by atoms with Crippen LogP contribution in [0.1, 0.15) is 32.6 Å². The van der Waals surface area contributed by atoms with Gasteiger partial charge in [0.2, 0.25) is 17.6 Å². The zero-order valence-corrected chi connectivity index (χ0v) is 17.7. The first kappa shape index (κ1) is 21.1. The van der Waals surface area contributed by atoms with Gasteiger partial charge in [-0.2, -0.15) is 4.98 Å². The van der Waals surface area contributed by atoms with E-state index < -0.39 is 0 Å². The van der Waals surface area contributed by atoms with Crippen molar-refractivity contribution in [2.45, 2.75) is 33.2 Å². The summed E-state index contributed by atoms with van der Waals surface area (Å²) in [5.74, 6) is 2.77. The lowest BCUT2D eigenvalue weighted by Crippen LogP contribution is -2.42. The number of likely N-dealkylation sites (tertiary alicyclic amines) is 1. The van der Waals surface area contributed by atoms with Gasteiger partial charge in [-0.1, -0.05) is 5.16 Å². The lowest BCUT2D eigenvalue weighted by molar-refractivity contribution is -0.136. The molecule has 1 aliphatic rings. The molecule has 1 saturated heterocycles. The Hall–Kier alpha value is -2.61. The molecule has 0 unspecified atom stereocenters. The molecule has 1 amide bonds. The van der Waals surface area contributed by atoms with Gasteiger partial charge in [-0.15, -0.1) is 0 Å². The number of carbonyl (C=O) groups excluding carboxylic acids is 1. The van der Waals surface area contributed by atoms with Crippen LogP contribution < -0.4 is 9.47 Å². The Morgan fingerprint density at radius 2 is 1.86 bits per heavy atom. The Kier molecular flexibility index (Phi) is 7.09. The third-order valence-electron chi connectivity index (χ3n) is 5.48. The predicted molar refractivity (Wildman–Crippen MR) is 109 cm³/mol. The van der Waals surface area contributed by atoms with Gasteiger partial charge in [-0.3, -0.25) is 9.69 Å². The molecule has 0 atom stereocenters. The monoisotopic (exact) mass is 402 g/mol. The van der Waals surface area contributed by atoms with Gasteiger partial charge in [-0.05, 0) is 58.0 Å². The van der Waals surface area contributed by atoms with Crippen molar-refractivity contribution in [3.8, 4) is 22.9 Å². The molecule has 1 aliphatic heterocycles. The molecule has 158 valence electrons. The average Bonchev–Trinajstić information content (AvgIpc) is 3.23. The Balaban J connectivity index is 1.58. The van der Waals surface area contributed by atoms with Crippen LogP contribution in [0, 0.1) is 5.92 Å². The van der Waals surface area contributed by atoms with Crippen molar-refractivity contribution in [3.05, 3.63) is 24.1 Å². The molecule has 0 spiro atoms. The summed E-state index contributed by atoms with van der Waals surface area (Å²) in [5, 5.41) is 4.10. The maximum atomic E-state index is 12.5. The smallest absolute Gasteiger partial charge is 0.241 e. The summed E-state index contributed by atoms with van der Waals surface area (Å²) in [4.78, 5) is 21.2. The van der Waals surface area contributed by atoms with Crippen molar-refractivity contribution < 1.29 is 18.8 Å². The highest BCUT2D eigenvalue weighted by Gasteiger charge is 2.28. The number of ether oxygens (including phenoxy) is 2. The van der Waals surface area contributed by atoms with E-state index >= 15 is 0 Å². The topological polar surface area (TPSA) is 80.9 Å². The zero-order chi connectivity index (χ0) is 20.8. The zero-order valence-electron chi connectivity index (χ0n) is 17.7. The SMILES string of the molecule is CCN(CC)C(=O)C1CCN(Cc2nc(-c3ccc(OC)c(OC)c3)no2)CC1. The third kappa shape index (κ3) is 4.87. The number of rotatable bonds is 8. The summed E-state index contributed by atoms with van der Waals surface area (Å²) in [6, 6.07) is 5.53. The number of hydrogen-bond acceptors (Lipinski definition) is 7. The number of carbonyl (C=O) groups is 1. The molecule has 3 rings (SSSR count). The highest BCUT2D eigenvalue weighted by atomic mass is 16.5. The van der Waals surface area contributed by atoms with E-state index in [0.29, 0.717) is 29.8 Å². The van der Waals surface area contributed by atoms with E-state index in [1.54, 1.807) is 14.2 Å². The molecular weight excluding hydrogens is 372 g/mol. The predicted octanol–water partition coefficient (Wildman–Crippen LogP) is 2.83. The molecule has 0 radical (unpaired) electrons. The number of nitrogens with zero attached hydrogens (tertiary/aromatic N) is 4. The van der Waals surface area contributed by atoms with Crippen LogP contribution in [0.5, 0.6) is 11.5 Å². The fourth-order valence-corrected chi connectivity index (χ4v) is 3.73. The third-order valence-corrected chi connectivity index (χ3v) is 5.48. The molecule has 2 heterocycles. The minimum atomic E-state index is 0.121. The average molecular weight is 402 g/mol. The highest BCUT2D eigenvalue weighted by Crippen LogP contribution is 2.31. The number of methoxy groups -OCH3 is 2. The molecule has 0 aliphatic carbocycles.